The normalized spacial score (nSPS) is 11.1. The van der Waals surface area contributed by atoms with E-state index in [1.54, 1.807) is 0 Å². The van der Waals surface area contributed by atoms with Gasteiger partial charge in [0.25, 0.3) is 0 Å². The van der Waals surface area contributed by atoms with Crippen LogP contribution >= 0.6 is 0 Å². The van der Waals surface area contributed by atoms with Gasteiger partial charge in [0.15, 0.2) is 0 Å². The van der Waals surface area contributed by atoms with Crippen LogP contribution in [0.25, 0.3) is 0 Å². The molecule has 0 atom stereocenters. The van der Waals surface area contributed by atoms with Gasteiger partial charge in [0.2, 0.25) is 0 Å². The molecule has 0 saturated heterocycles. The molecule has 8 heteroatoms. The molecule has 0 fully saturated rings. The number of alkyl halides is 3. The lowest BCUT2D eigenvalue weighted by atomic mass is 10.1. The van der Waals surface area contributed by atoms with Gasteiger partial charge in [0, 0.05) is 13.1 Å². The number of rotatable bonds is 5. The van der Waals surface area contributed by atoms with Crippen molar-refractivity contribution in [1.29, 1.82) is 0 Å². The summed E-state index contributed by atoms with van der Waals surface area (Å²) in [4.78, 5) is 12.9. The summed E-state index contributed by atoms with van der Waals surface area (Å²) in [5.41, 5.74) is -1.83. The van der Waals surface area contributed by atoms with Gasteiger partial charge in [-0.1, -0.05) is 6.08 Å². The summed E-state index contributed by atoms with van der Waals surface area (Å²) < 4.78 is 51.3. The Morgan fingerprint density at radius 2 is 2.10 bits per heavy atom. The van der Waals surface area contributed by atoms with Crippen LogP contribution in [0.2, 0.25) is 0 Å². The average molecular weight is 306 g/mol. The van der Waals surface area contributed by atoms with Crippen LogP contribution in [-0.2, 0) is 6.18 Å². The summed E-state index contributed by atoms with van der Waals surface area (Å²) in [5, 5.41) is 10.9. The van der Waals surface area contributed by atoms with E-state index < -0.39 is 29.3 Å². The predicted octanol–water partition coefficient (Wildman–Crippen LogP) is 2.86. The third-order valence-electron chi connectivity index (χ3n) is 2.54. The van der Waals surface area contributed by atoms with Crippen LogP contribution in [0.15, 0.2) is 30.9 Å². The number of nitrogens with one attached hydrogen (secondary N) is 1. The topological polar surface area (TPSA) is 52.6 Å². The second-order valence-corrected chi connectivity index (χ2v) is 4.08. The summed E-state index contributed by atoms with van der Waals surface area (Å²) in [6, 6.07) is 1.11. The zero-order valence-electron chi connectivity index (χ0n) is 11.0. The number of hydrogen-bond acceptors (Lipinski definition) is 2. The van der Waals surface area contributed by atoms with Crippen LogP contribution < -0.4 is 5.32 Å². The van der Waals surface area contributed by atoms with Crippen molar-refractivity contribution in [1.82, 2.24) is 4.90 Å². The van der Waals surface area contributed by atoms with E-state index in [2.05, 4.69) is 11.9 Å². The third-order valence-corrected chi connectivity index (χ3v) is 2.54. The Morgan fingerprint density at radius 1 is 1.43 bits per heavy atom. The Balaban J connectivity index is 3.01. The maximum Gasteiger partial charge on any atom is 0.418 e. The van der Waals surface area contributed by atoms with Crippen LogP contribution in [0.1, 0.15) is 5.56 Å². The number of benzene rings is 1. The number of carbonyl (C=O) groups is 1. The van der Waals surface area contributed by atoms with Crippen molar-refractivity contribution in [3.63, 3.8) is 0 Å². The summed E-state index contributed by atoms with van der Waals surface area (Å²) in [6.45, 7) is 3.04. The molecule has 0 heterocycles. The number of amides is 2. The van der Waals surface area contributed by atoms with Crippen LogP contribution in [0.5, 0.6) is 0 Å². The molecule has 1 aromatic carbocycles. The first-order chi connectivity index (χ1) is 9.79. The van der Waals surface area contributed by atoms with Gasteiger partial charge in [0.05, 0.1) is 17.9 Å². The summed E-state index contributed by atoms with van der Waals surface area (Å²) in [6.07, 6.45) is -3.43. The highest BCUT2D eigenvalue weighted by atomic mass is 19.4. The van der Waals surface area contributed by atoms with E-state index in [0.717, 1.165) is 17.0 Å². The molecule has 0 spiro atoms. The zero-order valence-corrected chi connectivity index (χ0v) is 11.0. The molecule has 0 aliphatic carbocycles. The molecular weight excluding hydrogens is 292 g/mol. The SMILES string of the molecule is C=CCN(CCO)C(=O)Nc1ccc(F)cc1C(F)(F)F. The van der Waals surface area contributed by atoms with Crippen LogP contribution in [0.3, 0.4) is 0 Å². The van der Waals surface area contributed by atoms with Crippen molar-refractivity contribution in [2.75, 3.05) is 25.0 Å². The van der Waals surface area contributed by atoms with Gasteiger partial charge in [-0.3, -0.25) is 0 Å². The number of aliphatic hydroxyl groups is 1. The van der Waals surface area contributed by atoms with Gasteiger partial charge < -0.3 is 15.3 Å². The Bertz CT molecular complexity index is 517. The second kappa shape index (κ2) is 7.07. The highest BCUT2D eigenvalue weighted by molar-refractivity contribution is 5.90. The first-order valence-electron chi connectivity index (χ1n) is 5.94. The van der Waals surface area contributed by atoms with Crippen LogP contribution in [0, 0.1) is 5.82 Å². The van der Waals surface area contributed by atoms with Gasteiger partial charge in [-0.15, -0.1) is 6.58 Å². The fourth-order valence-corrected chi connectivity index (χ4v) is 1.61. The Morgan fingerprint density at radius 3 is 2.62 bits per heavy atom. The van der Waals surface area contributed by atoms with Crippen LogP contribution in [-0.4, -0.2) is 35.7 Å². The van der Waals surface area contributed by atoms with Gasteiger partial charge in [-0.05, 0) is 18.2 Å². The first kappa shape index (κ1) is 17.0. The van der Waals surface area contributed by atoms with Crippen molar-refractivity contribution in [2.24, 2.45) is 0 Å². The molecule has 116 valence electrons. The molecule has 0 radical (unpaired) electrons. The largest absolute Gasteiger partial charge is 0.418 e. The summed E-state index contributed by atoms with van der Waals surface area (Å²) in [5.74, 6) is -1.06. The van der Waals surface area contributed by atoms with Crippen molar-refractivity contribution in [3.8, 4) is 0 Å². The maximum absolute atomic E-state index is 12.9. The minimum Gasteiger partial charge on any atom is -0.395 e. The molecule has 0 unspecified atom stereocenters. The maximum atomic E-state index is 12.9. The Hall–Kier alpha value is -2.09. The van der Waals surface area contributed by atoms with Crippen LogP contribution in [0.4, 0.5) is 28.0 Å². The molecule has 0 aliphatic heterocycles. The summed E-state index contributed by atoms with van der Waals surface area (Å²) in [7, 11) is 0. The molecular formula is C13H14F4N2O2. The Labute approximate surface area is 118 Å². The van der Waals surface area contributed by atoms with E-state index in [9.17, 15) is 22.4 Å². The number of aliphatic hydroxyl groups excluding tert-OH is 1. The van der Waals surface area contributed by atoms with Crippen molar-refractivity contribution < 1.29 is 27.5 Å². The summed E-state index contributed by atoms with van der Waals surface area (Å²) >= 11 is 0. The minimum atomic E-state index is -4.80. The zero-order chi connectivity index (χ0) is 16.0. The predicted molar refractivity (Wildman–Crippen MR) is 69.3 cm³/mol. The third kappa shape index (κ3) is 4.75. The lowest BCUT2D eigenvalue weighted by Gasteiger charge is -2.22. The molecule has 2 N–H and O–H groups in total. The van der Waals surface area contributed by atoms with Gasteiger partial charge in [-0.25, -0.2) is 9.18 Å². The molecule has 1 aromatic rings. The van der Waals surface area contributed by atoms with E-state index in [1.807, 2.05) is 0 Å². The smallest absolute Gasteiger partial charge is 0.395 e. The van der Waals surface area contributed by atoms with E-state index in [0.29, 0.717) is 6.07 Å². The molecule has 0 bridgehead atoms. The van der Waals surface area contributed by atoms with Crippen molar-refractivity contribution in [2.45, 2.75) is 6.18 Å². The van der Waals surface area contributed by atoms with Crippen molar-refractivity contribution in [3.05, 3.63) is 42.2 Å². The number of anilines is 1. The lowest BCUT2D eigenvalue weighted by molar-refractivity contribution is -0.137. The number of hydrogen-bond donors (Lipinski definition) is 2. The molecule has 0 aliphatic rings. The Kier molecular flexibility index (Phi) is 5.71. The number of urea groups is 1. The second-order valence-electron chi connectivity index (χ2n) is 4.08. The number of nitrogens with zero attached hydrogens (tertiary/aromatic N) is 1. The van der Waals surface area contributed by atoms with E-state index in [4.69, 9.17) is 5.11 Å². The van der Waals surface area contributed by atoms with Gasteiger partial charge >= 0.3 is 12.2 Å². The highest BCUT2D eigenvalue weighted by Gasteiger charge is 2.34. The fraction of sp³-hybridized carbons (Fsp3) is 0.308. The quantitative estimate of drug-likeness (QED) is 0.649. The first-order valence-corrected chi connectivity index (χ1v) is 5.94. The molecule has 0 saturated carbocycles. The number of carbonyl (C=O) groups excluding carboxylic acids is 1. The molecule has 4 nitrogen and oxygen atoms in total. The molecule has 1 rings (SSSR count). The monoisotopic (exact) mass is 306 g/mol. The fourth-order valence-electron chi connectivity index (χ4n) is 1.61. The molecule has 2 amide bonds. The van der Waals surface area contributed by atoms with Gasteiger partial charge in [0.1, 0.15) is 5.82 Å². The standard InChI is InChI=1S/C13H14F4N2O2/c1-2-5-19(6-7-20)12(21)18-11-4-3-9(14)8-10(11)13(15,16)17/h2-4,8,20H,1,5-7H2,(H,18,21). The molecule has 0 aromatic heterocycles. The lowest BCUT2D eigenvalue weighted by Crippen LogP contribution is -2.37. The van der Waals surface area contributed by atoms with E-state index in [1.165, 1.54) is 6.08 Å². The minimum absolute atomic E-state index is 0.0505. The van der Waals surface area contributed by atoms with E-state index in [-0.39, 0.29) is 19.7 Å². The van der Waals surface area contributed by atoms with Gasteiger partial charge in [-0.2, -0.15) is 13.2 Å². The van der Waals surface area contributed by atoms with Crippen molar-refractivity contribution >= 4 is 11.7 Å². The average Bonchev–Trinajstić information content (AvgIpc) is 2.39. The molecule has 21 heavy (non-hydrogen) atoms. The van der Waals surface area contributed by atoms with E-state index >= 15 is 0 Å². The number of halogens is 4. The highest BCUT2D eigenvalue weighted by Crippen LogP contribution is 2.35.